The molecule has 0 aliphatic heterocycles. The molecule has 0 saturated heterocycles. The van der Waals surface area contributed by atoms with Gasteiger partial charge < -0.3 is 4.43 Å². The predicted octanol–water partition coefficient (Wildman–Crippen LogP) is 6.91. The third kappa shape index (κ3) is 4.04. The summed E-state index contributed by atoms with van der Waals surface area (Å²) >= 11 is 0. The molecule has 0 spiro atoms. The first-order valence-corrected chi connectivity index (χ1v) is 10.5. The topological polar surface area (TPSA) is 9.23 Å². The highest BCUT2D eigenvalue weighted by molar-refractivity contribution is 6.80. The molecule has 0 bridgehead atoms. The van der Waals surface area contributed by atoms with Crippen LogP contribution in [-0.2, 0) is 0 Å². The first-order valence-electron chi connectivity index (χ1n) is 8.34. The largest absolute Gasteiger partial charge is 0.542 e. The van der Waals surface area contributed by atoms with Gasteiger partial charge in [0, 0.05) is 0 Å². The molecule has 1 aromatic carbocycles. The Morgan fingerprint density at radius 1 is 1.00 bits per heavy atom. The number of benzene rings is 1. The van der Waals surface area contributed by atoms with Crippen LogP contribution in [0.1, 0.15) is 61.0 Å². The second-order valence-corrected chi connectivity index (χ2v) is 14.1. The molecule has 0 unspecified atom stereocenters. The molecule has 0 aliphatic carbocycles. The molecule has 0 aromatic heterocycles. The molecule has 0 fully saturated rings. The molecule has 0 N–H and O–H groups in total. The summed E-state index contributed by atoms with van der Waals surface area (Å²) < 4.78 is 6.85. The third-order valence-corrected chi connectivity index (χ3v) is 11.3. The van der Waals surface area contributed by atoms with Gasteiger partial charge in [-0.2, -0.15) is 0 Å². The summed E-state index contributed by atoms with van der Waals surface area (Å²) in [4.78, 5) is 0. The van der Waals surface area contributed by atoms with Gasteiger partial charge in [0.1, 0.15) is 5.75 Å². The molecule has 2 heteroatoms. The molecule has 0 aliphatic rings. The van der Waals surface area contributed by atoms with Gasteiger partial charge in [0.15, 0.2) is 0 Å². The minimum Gasteiger partial charge on any atom is -0.542 e. The molecule has 0 saturated carbocycles. The average Bonchev–Trinajstić information content (AvgIpc) is 2.35. The number of hydrogen-bond acceptors (Lipinski definition) is 1. The van der Waals surface area contributed by atoms with Gasteiger partial charge >= 0.3 is 0 Å². The lowest BCUT2D eigenvalue weighted by Crippen LogP contribution is -2.57. The van der Waals surface area contributed by atoms with Crippen LogP contribution in [-0.4, -0.2) is 8.32 Å². The van der Waals surface area contributed by atoms with Crippen LogP contribution in [0.5, 0.6) is 5.75 Å². The Bertz CT molecular complexity index is 472. The van der Waals surface area contributed by atoms with E-state index in [-0.39, 0.29) is 10.1 Å². The van der Waals surface area contributed by atoms with Crippen LogP contribution in [0.2, 0.25) is 16.1 Å². The highest BCUT2D eigenvalue weighted by Crippen LogP contribution is 2.54. The Labute approximate surface area is 138 Å². The van der Waals surface area contributed by atoms with Gasteiger partial charge in [-0.25, -0.2) is 0 Å². The summed E-state index contributed by atoms with van der Waals surface area (Å²) in [6.45, 7) is 22.6. The van der Waals surface area contributed by atoms with E-state index in [0.717, 1.165) is 11.3 Å². The molecule has 0 amide bonds. The monoisotopic (exact) mass is 318 g/mol. The lowest BCUT2D eigenvalue weighted by atomic mass is 10.2. The second-order valence-electron chi connectivity index (χ2n) is 8.80. The van der Waals surface area contributed by atoms with Crippen molar-refractivity contribution in [2.24, 2.45) is 5.92 Å². The van der Waals surface area contributed by atoms with E-state index in [9.17, 15) is 0 Å². The van der Waals surface area contributed by atoms with E-state index in [1.54, 1.807) is 0 Å². The Morgan fingerprint density at radius 3 is 1.77 bits per heavy atom. The Morgan fingerprint density at radius 2 is 1.45 bits per heavy atom. The zero-order chi connectivity index (χ0) is 17.2. The van der Waals surface area contributed by atoms with E-state index in [1.807, 2.05) is 6.08 Å². The fraction of sp³-hybridized carbons (Fsp3) is 0.600. The minimum absolute atomic E-state index is 0.173. The molecule has 22 heavy (non-hydrogen) atoms. The van der Waals surface area contributed by atoms with Crippen LogP contribution in [0.4, 0.5) is 0 Å². The first kappa shape index (κ1) is 19.0. The van der Waals surface area contributed by atoms with Gasteiger partial charge in [0.05, 0.1) is 0 Å². The van der Waals surface area contributed by atoms with E-state index < -0.39 is 8.32 Å². The summed E-state index contributed by atoms with van der Waals surface area (Å²) in [7, 11) is -2.06. The van der Waals surface area contributed by atoms with E-state index in [0.29, 0.717) is 5.92 Å². The lowest BCUT2D eigenvalue weighted by Gasteiger charge is -2.51. The van der Waals surface area contributed by atoms with E-state index in [2.05, 4.69) is 86.2 Å². The summed E-state index contributed by atoms with van der Waals surface area (Å²) in [5.41, 5.74) is 1.13. The van der Waals surface area contributed by atoms with Gasteiger partial charge in [0.25, 0.3) is 8.32 Å². The minimum atomic E-state index is -2.06. The molecule has 1 nitrogen and oxygen atoms in total. The maximum atomic E-state index is 6.85. The van der Waals surface area contributed by atoms with Crippen LogP contribution >= 0.6 is 0 Å². The normalized spacial score (nSPS) is 13.3. The molecule has 124 valence electrons. The SMILES string of the molecule is C=Cc1ccc(O[Si](CC(C)C)(C(C)(C)C)C(C)(C)C)cc1. The quantitative estimate of drug-likeness (QED) is 0.536. The van der Waals surface area contributed by atoms with E-state index in [1.165, 1.54) is 6.04 Å². The first-order chi connectivity index (χ1) is 9.93. The van der Waals surface area contributed by atoms with Crippen molar-refractivity contribution in [3.8, 4) is 5.75 Å². The fourth-order valence-electron chi connectivity index (χ4n) is 3.53. The Hall–Kier alpha value is -1.02. The van der Waals surface area contributed by atoms with Crippen LogP contribution in [0.25, 0.3) is 6.08 Å². The van der Waals surface area contributed by atoms with Crippen molar-refractivity contribution in [3.05, 3.63) is 36.4 Å². The van der Waals surface area contributed by atoms with Crippen molar-refractivity contribution < 1.29 is 4.43 Å². The molecular formula is C20H34OSi. The van der Waals surface area contributed by atoms with Gasteiger partial charge in [-0.05, 0) is 39.7 Å². The maximum absolute atomic E-state index is 6.85. The standard InChI is InChI=1S/C20H34OSi/c1-10-17-11-13-18(14-12-17)21-22(15-16(2)3,19(4,5)6)20(7,8)9/h10-14,16H,1,15H2,2-9H3. The third-order valence-electron chi connectivity index (χ3n) is 4.53. The summed E-state index contributed by atoms with van der Waals surface area (Å²) in [5, 5.41) is 0.346. The highest BCUT2D eigenvalue weighted by Gasteiger charge is 2.56. The zero-order valence-corrected chi connectivity index (χ0v) is 16.8. The Kier molecular flexibility index (Phi) is 5.72. The van der Waals surface area contributed by atoms with Crippen LogP contribution < -0.4 is 4.43 Å². The predicted molar refractivity (Wildman–Crippen MR) is 102 cm³/mol. The van der Waals surface area contributed by atoms with Gasteiger partial charge in [-0.15, -0.1) is 0 Å². The van der Waals surface area contributed by atoms with Gasteiger partial charge in [0.2, 0.25) is 0 Å². The fourth-order valence-corrected chi connectivity index (χ4v) is 9.39. The van der Waals surface area contributed by atoms with Crippen LogP contribution in [0, 0.1) is 5.92 Å². The van der Waals surface area contributed by atoms with E-state index >= 15 is 0 Å². The zero-order valence-electron chi connectivity index (χ0n) is 15.8. The summed E-state index contributed by atoms with van der Waals surface area (Å²) in [6.07, 6.45) is 1.87. The molecule has 0 atom stereocenters. The highest BCUT2D eigenvalue weighted by atomic mass is 28.4. The summed E-state index contributed by atoms with van der Waals surface area (Å²) in [5.74, 6) is 1.64. The van der Waals surface area contributed by atoms with Crippen molar-refractivity contribution in [2.75, 3.05) is 0 Å². The molecule has 0 radical (unpaired) electrons. The van der Waals surface area contributed by atoms with Gasteiger partial charge in [-0.3, -0.25) is 0 Å². The number of hydrogen-bond donors (Lipinski definition) is 0. The Balaban J connectivity index is 3.31. The van der Waals surface area contributed by atoms with Gasteiger partial charge in [-0.1, -0.05) is 80.2 Å². The molecule has 1 rings (SSSR count). The van der Waals surface area contributed by atoms with Crippen molar-refractivity contribution in [3.63, 3.8) is 0 Å². The van der Waals surface area contributed by atoms with Crippen molar-refractivity contribution in [2.45, 2.75) is 71.5 Å². The van der Waals surface area contributed by atoms with E-state index in [4.69, 9.17) is 4.43 Å². The molecule has 1 aromatic rings. The van der Waals surface area contributed by atoms with Crippen molar-refractivity contribution in [1.29, 1.82) is 0 Å². The lowest BCUT2D eigenvalue weighted by molar-refractivity contribution is 0.406. The second kappa shape index (κ2) is 6.62. The number of rotatable bonds is 5. The van der Waals surface area contributed by atoms with Crippen LogP contribution in [0.15, 0.2) is 30.8 Å². The molecular weight excluding hydrogens is 284 g/mol. The smallest absolute Gasteiger partial charge is 0.262 e. The summed E-state index contributed by atoms with van der Waals surface area (Å²) in [6, 6.07) is 9.53. The van der Waals surface area contributed by atoms with Crippen molar-refractivity contribution in [1.82, 2.24) is 0 Å². The van der Waals surface area contributed by atoms with Crippen molar-refractivity contribution >= 4 is 14.4 Å². The maximum Gasteiger partial charge on any atom is 0.262 e. The molecule has 0 heterocycles. The average molecular weight is 319 g/mol. The van der Waals surface area contributed by atoms with Crippen LogP contribution in [0.3, 0.4) is 0 Å².